The number of hydrogen-bond donors (Lipinski definition) is 1. The van der Waals surface area contributed by atoms with E-state index in [1.165, 1.54) is 0 Å². The van der Waals surface area contributed by atoms with E-state index < -0.39 is 12.3 Å². The third-order valence-corrected chi connectivity index (χ3v) is 0. The van der Waals surface area contributed by atoms with Crippen LogP contribution in [0.1, 0.15) is 0 Å². The first-order chi connectivity index (χ1) is 3.46. The summed E-state index contributed by atoms with van der Waals surface area (Å²) >= 11 is 0. The molecule has 0 heterocycles. The van der Waals surface area contributed by atoms with Gasteiger partial charge in [-0.05, 0) is 6.16 Å². The van der Waals surface area contributed by atoms with Crippen molar-refractivity contribution in [3.05, 3.63) is 0 Å². The molecule has 1 N–H and O–H groups in total. The first kappa shape index (κ1) is 22.6. The van der Waals surface area contributed by atoms with Crippen LogP contribution in [-0.2, 0) is 0 Å². The Bertz CT molecular complexity index is 73.7. The van der Waals surface area contributed by atoms with E-state index in [9.17, 15) is 0 Å². The normalized spacial score (nSPS) is 4.80. The van der Waals surface area contributed by atoms with Gasteiger partial charge in [0.25, 0.3) is 0 Å². The Hall–Kier alpha value is 1.75. The van der Waals surface area contributed by atoms with E-state index in [1.54, 1.807) is 0 Å². The summed E-state index contributed by atoms with van der Waals surface area (Å²) in [5.74, 6) is 0. The summed E-state index contributed by atoms with van der Waals surface area (Å²) in [6, 6.07) is 0. The summed E-state index contributed by atoms with van der Waals surface area (Å²) < 4.78 is 0. The predicted molar refractivity (Wildman–Crippen MR) is 19.2 cm³/mol. The first-order valence-corrected chi connectivity index (χ1v) is 1.24. The van der Waals surface area contributed by atoms with Crippen LogP contribution >= 0.6 is 0 Å². The second-order valence-corrected chi connectivity index (χ2v) is 0.516. The van der Waals surface area contributed by atoms with E-state index in [1.807, 2.05) is 0 Å². The molecule has 0 aliphatic carbocycles. The quantitative estimate of drug-likeness (QED) is 0.443. The Morgan fingerprint density at radius 3 is 1.10 bits per heavy atom. The number of hydrogen-bond acceptors (Lipinski definition) is 5. The fourth-order valence-corrected chi connectivity index (χ4v) is 0. The minimum atomic E-state index is -2.33. The van der Waals surface area contributed by atoms with E-state index in [-0.39, 0.29) is 100 Å². The van der Waals surface area contributed by atoms with Crippen LogP contribution in [0.25, 0.3) is 0 Å². The molecule has 0 saturated carbocycles. The van der Waals surface area contributed by atoms with E-state index in [2.05, 4.69) is 0 Å². The van der Waals surface area contributed by atoms with E-state index in [4.69, 9.17) is 30.0 Å². The Labute approximate surface area is 139 Å². The molecule has 0 amide bonds. The van der Waals surface area contributed by atoms with Crippen molar-refractivity contribution in [2.45, 2.75) is 0 Å². The summed E-state index contributed by atoms with van der Waals surface area (Å²) in [4.78, 5) is 16.8. The average Bonchev–Trinajstić information content (AvgIpc) is 1.25. The van der Waals surface area contributed by atoms with Crippen LogP contribution in [0.15, 0.2) is 0 Å². The smallest absolute Gasteiger partial charge is 0.652 e. The summed E-state index contributed by atoms with van der Waals surface area (Å²) in [7, 11) is 0. The number of carbonyl (C=O) groups is 2. The van der Waals surface area contributed by atoms with Gasteiger partial charge in [0.2, 0.25) is 6.16 Å². The van der Waals surface area contributed by atoms with Crippen molar-refractivity contribution in [2.75, 3.05) is 0 Å². The first-order valence-electron chi connectivity index (χ1n) is 1.24. The maximum Gasteiger partial charge on any atom is 2.00 e. The van der Waals surface area contributed by atoms with E-state index >= 15 is 0 Å². The monoisotopic (exact) mass is 298 g/mol. The van der Waals surface area contributed by atoms with Gasteiger partial charge in [-0.1, -0.05) is 0 Å². The van der Waals surface area contributed by atoms with Gasteiger partial charge in [-0.15, -0.1) is 0 Å². The third-order valence-electron chi connectivity index (χ3n) is 0. The molecule has 0 unspecified atom stereocenters. The molecule has 0 rings (SSSR count). The molecule has 10 heavy (non-hydrogen) atoms. The van der Waals surface area contributed by atoms with Crippen molar-refractivity contribution in [1.82, 2.24) is 0 Å². The van der Waals surface area contributed by atoms with Crippen molar-refractivity contribution in [3.8, 4) is 0 Å². The van der Waals surface area contributed by atoms with Crippen LogP contribution in [0.2, 0.25) is 0 Å². The minimum absolute atomic E-state index is 0. The minimum Gasteiger partial charge on any atom is -0.652 e. The molecule has 0 bridgehead atoms. The molecule has 0 aromatic carbocycles. The molecule has 0 saturated heterocycles. The van der Waals surface area contributed by atoms with E-state index in [0.29, 0.717) is 0 Å². The molecule has 0 aromatic rings. The van der Waals surface area contributed by atoms with Crippen LogP contribution in [-0.4, -0.2) is 66.3 Å². The van der Waals surface area contributed by atoms with Gasteiger partial charge in [0.15, 0.2) is 0 Å². The van der Waals surface area contributed by atoms with Gasteiger partial charge in [0.1, 0.15) is 0 Å². The molecule has 6 nitrogen and oxygen atoms in total. The number of carbonyl (C=O) groups excluding carboxylic acids is 1. The fourth-order valence-electron chi connectivity index (χ4n) is 0. The van der Waals surface area contributed by atoms with Gasteiger partial charge in [-0.25, -0.2) is 0 Å². The Morgan fingerprint density at radius 2 is 1.10 bits per heavy atom. The van der Waals surface area contributed by atoms with Gasteiger partial charge < -0.3 is 30.0 Å². The van der Waals surface area contributed by atoms with Crippen LogP contribution in [0.3, 0.4) is 0 Å². The van der Waals surface area contributed by atoms with E-state index in [0.717, 1.165) is 0 Å². The van der Waals surface area contributed by atoms with Gasteiger partial charge >= 0.3 is 100 Å². The van der Waals surface area contributed by atoms with Crippen LogP contribution in [0.4, 0.5) is 9.59 Å². The van der Waals surface area contributed by atoms with Gasteiger partial charge in [0, 0.05) is 0 Å². The third kappa shape index (κ3) is 244. The SMILES string of the molecule is O=C([O-])O.O=C([O-])[O-].[Ba+2].[K+]. The number of rotatable bonds is 0. The maximum atomic E-state index is 8.44. The van der Waals surface area contributed by atoms with Crippen molar-refractivity contribution in [3.63, 3.8) is 0 Å². The summed E-state index contributed by atoms with van der Waals surface area (Å²) in [5.41, 5.74) is 0. The molecule has 0 spiro atoms. The molecule has 0 aliphatic rings. The summed E-state index contributed by atoms with van der Waals surface area (Å²) in [6.07, 6.45) is -4.42. The Kier molecular flexibility index (Phi) is 38.5. The molecule has 48 valence electrons. The summed E-state index contributed by atoms with van der Waals surface area (Å²) in [6.45, 7) is 0. The molecule has 0 fully saturated rings. The largest absolute Gasteiger partial charge is 2.00 e. The molecule has 0 aliphatic heterocycles. The second-order valence-electron chi connectivity index (χ2n) is 0.516. The van der Waals surface area contributed by atoms with Crippen molar-refractivity contribution in [1.29, 1.82) is 0 Å². The zero-order chi connectivity index (χ0) is 7.15. The molecule has 8 heteroatoms. The van der Waals surface area contributed by atoms with Crippen molar-refractivity contribution < 1.29 is 81.4 Å². The Morgan fingerprint density at radius 1 is 1.10 bits per heavy atom. The predicted octanol–water partition coefficient (Wildman–Crippen LogP) is -6.94. The average molecular weight is 297 g/mol. The molecular weight excluding hydrogens is 296 g/mol. The van der Waals surface area contributed by atoms with Gasteiger partial charge in [-0.2, -0.15) is 0 Å². The fraction of sp³-hybridized carbons (Fsp3) is 0. The molecule has 0 radical (unpaired) electrons. The van der Waals surface area contributed by atoms with Crippen LogP contribution in [0.5, 0.6) is 0 Å². The molecule has 0 aromatic heterocycles. The molecule has 0 atom stereocenters. The number of carboxylic acid groups (broad SMARTS) is 4. The topological polar surface area (TPSA) is 124 Å². The zero-order valence-electron chi connectivity index (χ0n) is 5.20. The van der Waals surface area contributed by atoms with Gasteiger partial charge in [0.05, 0.1) is 0 Å². The zero-order valence-corrected chi connectivity index (χ0v) is 12.8. The maximum absolute atomic E-state index is 8.44. The van der Waals surface area contributed by atoms with Crippen molar-refractivity contribution in [2.24, 2.45) is 0 Å². The Balaban J connectivity index is -0.0000000300. The standard InChI is InChI=1S/2CH2O3.Ba.K/c2*2-1(3)4;;/h2*(H2,2,3,4);;/q;;+2;+1/p-3. The van der Waals surface area contributed by atoms with Crippen LogP contribution < -0.4 is 66.7 Å². The van der Waals surface area contributed by atoms with Crippen molar-refractivity contribution >= 4 is 61.2 Å². The molecular formula is C2HBaKO6. The second kappa shape index (κ2) is 17.0. The van der Waals surface area contributed by atoms with Gasteiger partial charge in [-0.3, -0.25) is 0 Å². The summed E-state index contributed by atoms with van der Waals surface area (Å²) in [5, 5.41) is 32.0. The van der Waals surface area contributed by atoms with Crippen LogP contribution in [0, 0.1) is 0 Å².